The van der Waals surface area contributed by atoms with Crippen LogP contribution in [0.1, 0.15) is 0 Å². The molecule has 61 heavy (non-hydrogen) atoms. The van der Waals surface area contributed by atoms with Gasteiger partial charge in [0.2, 0.25) is 0 Å². The number of nitrogens with zero attached hydrogens (tertiary/aromatic N) is 2. The van der Waals surface area contributed by atoms with Crippen LogP contribution in [0.5, 0.6) is 0 Å². The second-order valence-corrected chi connectivity index (χ2v) is 19.1. The highest BCUT2D eigenvalue weighted by molar-refractivity contribution is 7.85. The van der Waals surface area contributed by atoms with Gasteiger partial charge in [-0.3, -0.25) is 4.40 Å². The van der Waals surface area contributed by atoms with E-state index in [-0.39, 0.29) is 0 Å². The molecule has 13 aromatic rings. The van der Waals surface area contributed by atoms with Crippen LogP contribution in [0.4, 0.5) is 0 Å². The lowest BCUT2D eigenvalue weighted by atomic mass is 9.95. The fourth-order valence-electron chi connectivity index (χ4n) is 9.85. The van der Waals surface area contributed by atoms with E-state index in [0.717, 1.165) is 92.3 Å². The molecule has 0 unspecified atom stereocenters. The molecule has 0 radical (unpaired) electrons. The Morgan fingerprint density at radius 2 is 0.803 bits per heavy atom. The first kappa shape index (κ1) is 34.3. The number of rotatable bonds is 4. The lowest BCUT2D eigenvalue weighted by Crippen LogP contribution is -2.25. The maximum atomic E-state index is 16.0. The van der Waals surface area contributed by atoms with Crippen molar-refractivity contribution < 1.29 is 4.57 Å². The number of fused-ring (bicyclic) bond motifs is 14. The first-order valence-electron chi connectivity index (χ1n) is 20.8. The number of hydrogen-bond donors (Lipinski definition) is 0. The summed E-state index contributed by atoms with van der Waals surface area (Å²) in [5.74, 6) is 0. The van der Waals surface area contributed by atoms with E-state index >= 15 is 4.57 Å². The molecule has 2 heterocycles. The Balaban J connectivity index is 0.962. The number of hydrogen-bond acceptors (Lipinski definition) is 2. The van der Waals surface area contributed by atoms with Crippen LogP contribution in [-0.2, 0) is 4.57 Å². The molecule has 0 saturated heterocycles. The highest BCUT2D eigenvalue weighted by atomic mass is 31.2. The number of pyridine rings is 1. The Kier molecular flexibility index (Phi) is 7.29. The third kappa shape index (κ3) is 5.18. The summed E-state index contributed by atoms with van der Waals surface area (Å²) in [6, 6.07) is 75.3. The quantitative estimate of drug-likeness (QED) is 0.101. The van der Waals surface area contributed by atoms with Gasteiger partial charge in [-0.15, -0.1) is 0 Å². The van der Waals surface area contributed by atoms with E-state index in [0.29, 0.717) is 0 Å². The van der Waals surface area contributed by atoms with Gasteiger partial charge < -0.3 is 4.57 Å². The first-order chi connectivity index (χ1) is 30.1. The molecule has 0 bridgehead atoms. The van der Waals surface area contributed by atoms with Crippen molar-refractivity contribution in [2.24, 2.45) is 0 Å². The molecule has 2 aromatic heterocycles. The topological polar surface area (TPSA) is 34.4 Å². The van der Waals surface area contributed by atoms with Crippen LogP contribution in [-0.4, -0.2) is 9.38 Å². The largest absolute Gasteiger partial charge is 0.309 e. The standard InChI is InChI=1S/C57H35N2OP/c60-61(46-23-19-36-9-1-3-11-38(36)30-46,47-24-20-37-10-2-4-12-39(37)31-47)48-25-27-50-45(32-48)18-17-44-29-42(21-26-49(44)50)43-22-28-55-52(34-43)51-33-40-13-5-6-14-41(40)35-53(51)57-58-54-15-7-8-16-56(54)59(55)57/h1-35H. The van der Waals surface area contributed by atoms with Crippen LogP contribution in [0.2, 0.25) is 0 Å². The van der Waals surface area contributed by atoms with Crippen LogP contribution in [0.3, 0.4) is 0 Å². The van der Waals surface area contributed by atoms with Gasteiger partial charge in [-0.05, 0) is 131 Å². The summed E-state index contributed by atoms with van der Waals surface area (Å²) in [5.41, 5.74) is 6.54. The van der Waals surface area contributed by atoms with Crippen molar-refractivity contribution in [3.63, 3.8) is 0 Å². The zero-order valence-electron chi connectivity index (χ0n) is 33.0. The molecule has 0 fully saturated rings. The molecule has 3 nitrogen and oxygen atoms in total. The number of para-hydroxylation sites is 2. The zero-order valence-corrected chi connectivity index (χ0v) is 33.9. The third-order valence-electron chi connectivity index (χ3n) is 12.9. The van der Waals surface area contributed by atoms with Crippen molar-refractivity contribution in [3.8, 4) is 11.1 Å². The van der Waals surface area contributed by atoms with Gasteiger partial charge >= 0.3 is 0 Å². The van der Waals surface area contributed by atoms with E-state index in [1.165, 1.54) is 26.9 Å². The van der Waals surface area contributed by atoms with Gasteiger partial charge in [-0.2, -0.15) is 0 Å². The fraction of sp³-hybridized carbons (Fsp3) is 0. The average molecular weight is 795 g/mol. The van der Waals surface area contributed by atoms with Gasteiger partial charge in [0.25, 0.3) is 0 Å². The summed E-state index contributed by atoms with van der Waals surface area (Å²) >= 11 is 0. The monoisotopic (exact) mass is 794 g/mol. The Bertz CT molecular complexity index is 3970. The molecule has 0 N–H and O–H groups in total. The zero-order chi connectivity index (χ0) is 40.2. The summed E-state index contributed by atoms with van der Waals surface area (Å²) in [5, 5.41) is 17.5. The first-order valence-corrected chi connectivity index (χ1v) is 22.5. The molecule has 0 saturated carbocycles. The van der Waals surface area contributed by atoms with Crippen LogP contribution < -0.4 is 15.9 Å². The predicted molar refractivity (Wildman–Crippen MR) is 260 cm³/mol. The maximum Gasteiger partial charge on any atom is 0.171 e. The molecular weight excluding hydrogens is 760 g/mol. The molecule has 4 heteroatoms. The van der Waals surface area contributed by atoms with Gasteiger partial charge in [-0.25, -0.2) is 4.98 Å². The molecule has 0 atom stereocenters. The van der Waals surface area contributed by atoms with E-state index < -0.39 is 7.14 Å². The lowest BCUT2D eigenvalue weighted by molar-refractivity contribution is 0.592. The summed E-state index contributed by atoms with van der Waals surface area (Å²) in [6.07, 6.45) is 0. The second kappa shape index (κ2) is 13.0. The van der Waals surface area contributed by atoms with Gasteiger partial charge in [0.15, 0.2) is 7.14 Å². The Morgan fingerprint density at radius 3 is 1.48 bits per heavy atom. The van der Waals surface area contributed by atoms with Gasteiger partial charge in [0, 0.05) is 26.7 Å². The number of imidazole rings is 1. The molecule has 0 amide bonds. The molecular formula is C57H35N2OP. The van der Waals surface area contributed by atoms with E-state index in [1.54, 1.807) is 0 Å². The molecule has 13 rings (SSSR count). The minimum absolute atomic E-state index is 0.831. The summed E-state index contributed by atoms with van der Waals surface area (Å²) in [7, 11) is -3.28. The summed E-state index contributed by atoms with van der Waals surface area (Å²) in [4.78, 5) is 5.16. The van der Waals surface area contributed by atoms with Crippen molar-refractivity contribution in [3.05, 3.63) is 212 Å². The van der Waals surface area contributed by atoms with Crippen molar-refractivity contribution in [2.75, 3.05) is 0 Å². The number of benzene rings is 11. The van der Waals surface area contributed by atoms with E-state index in [2.05, 4.69) is 192 Å². The van der Waals surface area contributed by atoms with Gasteiger partial charge in [-0.1, -0.05) is 152 Å². The SMILES string of the molecule is O=P(c1ccc2ccccc2c1)(c1ccc2ccccc2c1)c1ccc2c(ccc3cc(-c4ccc5c(c4)c4cc6ccccc6cc4c4nc6ccccc6n54)ccc32)c1. The van der Waals surface area contributed by atoms with Gasteiger partial charge in [0.05, 0.1) is 16.6 Å². The van der Waals surface area contributed by atoms with Crippen molar-refractivity contribution in [1.29, 1.82) is 0 Å². The molecule has 0 spiro atoms. The van der Waals surface area contributed by atoms with Crippen LogP contribution in [0.15, 0.2) is 212 Å². The van der Waals surface area contributed by atoms with E-state index in [1.807, 2.05) is 24.3 Å². The van der Waals surface area contributed by atoms with Crippen LogP contribution in [0, 0.1) is 0 Å². The highest BCUT2D eigenvalue weighted by Crippen LogP contribution is 2.45. The van der Waals surface area contributed by atoms with Crippen LogP contribution >= 0.6 is 7.14 Å². The van der Waals surface area contributed by atoms with E-state index in [4.69, 9.17) is 4.98 Å². The summed E-state index contributed by atoms with van der Waals surface area (Å²) < 4.78 is 18.3. The molecule has 0 aliphatic carbocycles. The highest BCUT2D eigenvalue weighted by Gasteiger charge is 2.31. The van der Waals surface area contributed by atoms with Crippen LogP contribution in [0.25, 0.3) is 103 Å². The normalized spacial score (nSPS) is 12.3. The third-order valence-corrected chi connectivity index (χ3v) is 15.9. The molecule has 0 aliphatic heterocycles. The molecule has 0 aliphatic rings. The smallest absolute Gasteiger partial charge is 0.171 e. The van der Waals surface area contributed by atoms with E-state index in [9.17, 15) is 0 Å². The molecule has 11 aromatic carbocycles. The fourth-order valence-corrected chi connectivity index (χ4v) is 12.6. The summed E-state index contributed by atoms with van der Waals surface area (Å²) in [6.45, 7) is 0. The Hall–Kier alpha value is -7.58. The maximum absolute atomic E-state index is 16.0. The molecule has 284 valence electrons. The minimum Gasteiger partial charge on any atom is -0.309 e. The Morgan fingerprint density at radius 1 is 0.328 bits per heavy atom. The minimum atomic E-state index is -3.28. The van der Waals surface area contributed by atoms with Gasteiger partial charge in [0.1, 0.15) is 5.65 Å². The lowest BCUT2D eigenvalue weighted by Gasteiger charge is -2.22. The van der Waals surface area contributed by atoms with Crippen molar-refractivity contribution in [1.82, 2.24) is 9.38 Å². The Labute approximate surface area is 351 Å². The van der Waals surface area contributed by atoms with Crippen molar-refractivity contribution in [2.45, 2.75) is 0 Å². The average Bonchev–Trinajstić information content (AvgIpc) is 3.72. The predicted octanol–water partition coefficient (Wildman–Crippen LogP) is 13.9. The second-order valence-electron chi connectivity index (χ2n) is 16.3. The number of aromatic nitrogens is 2. The van der Waals surface area contributed by atoms with Crippen molar-refractivity contribution >= 4 is 115 Å².